The third kappa shape index (κ3) is 2.43. The minimum absolute atomic E-state index is 0.240. The van der Waals surface area contributed by atoms with Crippen LogP contribution in [0.1, 0.15) is 26.2 Å². The standard InChI is InChI=1S/C13H16FN5/c1-9-3-2-4-12(9)16-13-7-10(5-6-11(13)14)19-8-15-17-18-19/h5-9,12,16H,2-4H2,1H3. The molecule has 1 N–H and O–H groups in total. The summed E-state index contributed by atoms with van der Waals surface area (Å²) in [6.07, 6.45) is 4.99. The first kappa shape index (κ1) is 12.1. The molecule has 1 heterocycles. The molecule has 0 spiro atoms. The summed E-state index contributed by atoms with van der Waals surface area (Å²) in [4.78, 5) is 0. The van der Waals surface area contributed by atoms with Crippen LogP contribution < -0.4 is 5.32 Å². The highest BCUT2D eigenvalue weighted by molar-refractivity contribution is 5.52. The summed E-state index contributed by atoms with van der Waals surface area (Å²) in [5.41, 5.74) is 1.27. The lowest BCUT2D eigenvalue weighted by molar-refractivity contribution is 0.549. The lowest BCUT2D eigenvalue weighted by Gasteiger charge is -2.19. The maximum atomic E-state index is 13.9. The monoisotopic (exact) mass is 261 g/mol. The van der Waals surface area contributed by atoms with Gasteiger partial charge in [0, 0.05) is 6.04 Å². The molecular weight excluding hydrogens is 245 g/mol. The molecule has 1 aliphatic rings. The van der Waals surface area contributed by atoms with E-state index in [-0.39, 0.29) is 5.82 Å². The zero-order valence-electron chi connectivity index (χ0n) is 10.8. The predicted molar refractivity (Wildman–Crippen MR) is 69.5 cm³/mol. The second-order valence-corrected chi connectivity index (χ2v) is 5.08. The summed E-state index contributed by atoms with van der Waals surface area (Å²) in [7, 11) is 0. The van der Waals surface area contributed by atoms with Crippen molar-refractivity contribution in [1.82, 2.24) is 20.2 Å². The molecule has 2 atom stereocenters. The Morgan fingerprint density at radius 1 is 1.37 bits per heavy atom. The van der Waals surface area contributed by atoms with Gasteiger partial charge in [0.05, 0.1) is 11.4 Å². The van der Waals surface area contributed by atoms with Crippen molar-refractivity contribution in [3.8, 4) is 5.69 Å². The molecular formula is C13H16FN5. The summed E-state index contributed by atoms with van der Waals surface area (Å²) in [6.45, 7) is 2.20. The Kier molecular flexibility index (Phi) is 3.15. The highest BCUT2D eigenvalue weighted by atomic mass is 19.1. The van der Waals surface area contributed by atoms with E-state index in [0.717, 1.165) is 12.1 Å². The van der Waals surface area contributed by atoms with Crippen LogP contribution in [0.4, 0.5) is 10.1 Å². The van der Waals surface area contributed by atoms with Crippen LogP contribution in [0.25, 0.3) is 5.69 Å². The molecule has 19 heavy (non-hydrogen) atoms. The van der Waals surface area contributed by atoms with Crippen molar-refractivity contribution in [3.63, 3.8) is 0 Å². The van der Waals surface area contributed by atoms with E-state index in [1.54, 1.807) is 12.1 Å². The fourth-order valence-electron chi connectivity index (χ4n) is 2.61. The fourth-order valence-corrected chi connectivity index (χ4v) is 2.61. The van der Waals surface area contributed by atoms with E-state index < -0.39 is 0 Å². The number of nitrogens with one attached hydrogen (secondary N) is 1. The van der Waals surface area contributed by atoms with Gasteiger partial charge in [-0.1, -0.05) is 13.3 Å². The third-order valence-corrected chi connectivity index (χ3v) is 3.77. The van der Waals surface area contributed by atoms with Crippen molar-refractivity contribution >= 4 is 5.69 Å². The van der Waals surface area contributed by atoms with Crippen molar-refractivity contribution < 1.29 is 4.39 Å². The first-order valence-electron chi connectivity index (χ1n) is 6.53. The SMILES string of the molecule is CC1CCCC1Nc1cc(-n2cnnn2)ccc1F. The van der Waals surface area contributed by atoms with Crippen LogP contribution >= 0.6 is 0 Å². The van der Waals surface area contributed by atoms with Gasteiger partial charge in [0.1, 0.15) is 12.1 Å². The number of hydrogen-bond donors (Lipinski definition) is 1. The molecule has 5 nitrogen and oxygen atoms in total. The maximum absolute atomic E-state index is 13.9. The summed E-state index contributed by atoms with van der Waals surface area (Å²) in [5, 5.41) is 14.3. The van der Waals surface area contributed by atoms with Gasteiger partial charge in [0.2, 0.25) is 0 Å². The number of aromatic nitrogens is 4. The first-order valence-corrected chi connectivity index (χ1v) is 6.53. The van der Waals surface area contributed by atoms with Crippen molar-refractivity contribution in [3.05, 3.63) is 30.3 Å². The quantitative estimate of drug-likeness (QED) is 0.921. The summed E-state index contributed by atoms with van der Waals surface area (Å²) < 4.78 is 15.4. The maximum Gasteiger partial charge on any atom is 0.146 e. The molecule has 2 unspecified atom stereocenters. The van der Waals surface area contributed by atoms with Crippen LogP contribution in [0, 0.1) is 11.7 Å². The highest BCUT2D eigenvalue weighted by Gasteiger charge is 2.23. The van der Waals surface area contributed by atoms with Crippen LogP contribution in [-0.4, -0.2) is 26.2 Å². The zero-order chi connectivity index (χ0) is 13.2. The van der Waals surface area contributed by atoms with Crippen LogP contribution in [0.5, 0.6) is 0 Å². The van der Waals surface area contributed by atoms with Crippen LogP contribution in [0.15, 0.2) is 24.5 Å². The van der Waals surface area contributed by atoms with Crippen molar-refractivity contribution in [2.45, 2.75) is 32.2 Å². The number of nitrogens with zero attached hydrogens (tertiary/aromatic N) is 4. The Morgan fingerprint density at radius 2 is 2.26 bits per heavy atom. The van der Waals surface area contributed by atoms with E-state index in [1.807, 2.05) is 0 Å². The Balaban J connectivity index is 1.86. The molecule has 0 amide bonds. The van der Waals surface area contributed by atoms with Gasteiger partial charge in [-0.2, -0.15) is 0 Å². The van der Waals surface area contributed by atoms with Crippen LogP contribution in [0.2, 0.25) is 0 Å². The predicted octanol–water partition coefficient (Wildman–Crippen LogP) is 2.40. The smallest absolute Gasteiger partial charge is 0.146 e. The Labute approximate surface area is 110 Å². The van der Waals surface area contributed by atoms with Gasteiger partial charge < -0.3 is 5.32 Å². The normalized spacial score (nSPS) is 22.6. The van der Waals surface area contributed by atoms with Gasteiger partial charge >= 0.3 is 0 Å². The van der Waals surface area contributed by atoms with Gasteiger partial charge in [-0.3, -0.25) is 0 Å². The fraction of sp³-hybridized carbons (Fsp3) is 0.462. The Morgan fingerprint density at radius 3 is 2.95 bits per heavy atom. The Bertz CT molecular complexity index is 554. The lowest BCUT2D eigenvalue weighted by atomic mass is 10.1. The average molecular weight is 261 g/mol. The molecule has 100 valence electrons. The second kappa shape index (κ2) is 4.95. The van der Waals surface area contributed by atoms with Gasteiger partial charge in [-0.15, -0.1) is 5.10 Å². The van der Waals surface area contributed by atoms with E-state index in [0.29, 0.717) is 17.6 Å². The molecule has 1 saturated carbocycles. The lowest BCUT2D eigenvalue weighted by Crippen LogP contribution is -2.22. The van der Waals surface area contributed by atoms with Crippen molar-refractivity contribution in [2.75, 3.05) is 5.32 Å². The van der Waals surface area contributed by atoms with E-state index >= 15 is 0 Å². The van der Waals surface area contributed by atoms with E-state index in [1.165, 1.54) is 29.9 Å². The molecule has 1 fully saturated rings. The molecule has 0 bridgehead atoms. The molecule has 0 aliphatic heterocycles. The molecule has 3 rings (SSSR count). The molecule has 1 aromatic heterocycles. The van der Waals surface area contributed by atoms with E-state index in [4.69, 9.17) is 0 Å². The third-order valence-electron chi connectivity index (χ3n) is 3.77. The topological polar surface area (TPSA) is 55.6 Å². The van der Waals surface area contributed by atoms with Gasteiger partial charge in [-0.25, -0.2) is 9.07 Å². The molecule has 0 saturated heterocycles. The average Bonchev–Trinajstić information content (AvgIpc) is 3.05. The molecule has 1 aliphatic carbocycles. The van der Waals surface area contributed by atoms with Crippen molar-refractivity contribution in [1.29, 1.82) is 0 Å². The van der Waals surface area contributed by atoms with Crippen molar-refractivity contribution in [2.24, 2.45) is 5.92 Å². The minimum Gasteiger partial charge on any atom is -0.380 e. The second-order valence-electron chi connectivity index (χ2n) is 5.08. The number of rotatable bonds is 3. The Hall–Kier alpha value is -1.98. The summed E-state index contributed by atoms with van der Waals surface area (Å²) >= 11 is 0. The van der Waals surface area contributed by atoms with E-state index in [2.05, 4.69) is 27.8 Å². The zero-order valence-corrected chi connectivity index (χ0v) is 10.8. The van der Waals surface area contributed by atoms with Crippen LogP contribution in [0.3, 0.4) is 0 Å². The number of tetrazole rings is 1. The van der Waals surface area contributed by atoms with E-state index in [9.17, 15) is 4.39 Å². The molecule has 6 heteroatoms. The molecule has 2 aromatic rings. The van der Waals surface area contributed by atoms with Gasteiger partial charge in [0.15, 0.2) is 0 Å². The largest absolute Gasteiger partial charge is 0.380 e. The highest BCUT2D eigenvalue weighted by Crippen LogP contribution is 2.29. The summed E-state index contributed by atoms with van der Waals surface area (Å²) in [5.74, 6) is 0.340. The number of halogens is 1. The minimum atomic E-state index is -0.240. The summed E-state index contributed by atoms with van der Waals surface area (Å²) in [6, 6.07) is 5.20. The van der Waals surface area contributed by atoms with Crippen LogP contribution in [-0.2, 0) is 0 Å². The number of hydrogen-bond acceptors (Lipinski definition) is 4. The number of benzene rings is 1. The number of anilines is 1. The van der Waals surface area contributed by atoms with Gasteiger partial charge in [0.25, 0.3) is 0 Å². The molecule has 0 radical (unpaired) electrons. The first-order chi connectivity index (χ1) is 9.24. The molecule has 1 aromatic carbocycles. The van der Waals surface area contributed by atoms with Gasteiger partial charge in [-0.05, 0) is 47.4 Å².